The Labute approximate surface area is 156 Å². The maximum atomic E-state index is 11.1. The van der Waals surface area contributed by atoms with Gasteiger partial charge in [0.1, 0.15) is 11.5 Å². The second kappa shape index (κ2) is 9.19. The van der Waals surface area contributed by atoms with E-state index in [9.17, 15) is 14.7 Å². The topological polar surface area (TPSA) is 112 Å². The summed E-state index contributed by atoms with van der Waals surface area (Å²) in [6.07, 6.45) is 1.48. The molecule has 27 heavy (non-hydrogen) atoms. The summed E-state index contributed by atoms with van der Waals surface area (Å²) in [5, 5.41) is 11.2. The smallest absolute Gasteiger partial charge is 0.302 e. The number of carbonyl (C=O) groups excluding carboxylic acids is 2. The van der Waals surface area contributed by atoms with E-state index in [1.165, 1.54) is 13.1 Å². The number of esters is 1. The molecule has 2 aromatic carbocycles. The summed E-state index contributed by atoms with van der Waals surface area (Å²) in [5.74, 6) is 0.132. The van der Waals surface area contributed by atoms with Crippen molar-refractivity contribution in [2.75, 3.05) is 6.61 Å². The third-order valence-electron chi connectivity index (χ3n) is 3.40. The number of ether oxygens (including phenoxy) is 2. The molecule has 3 rings (SSSR count). The number of hydrogen-bond donors (Lipinski definition) is 2. The lowest BCUT2D eigenvalue weighted by Gasteiger charge is -2.08. The summed E-state index contributed by atoms with van der Waals surface area (Å²) in [6.45, 7) is 3.65. The van der Waals surface area contributed by atoms with Gasteiger partial charge in [-0.3, -0.25) is 9.59 Å². The van der Waals surface area contributed by atoms with E-state index < -0.39 is 5.91 Å². The molecule has 0 radical (unpaired) electrons. The first kappa shape index (κ1) is 19.7. The van der Waals surface area contributed by atoms with Crippen LogP contribution < -0.4 is 10.5 Å². The van der Waals surface area contributed by atoms with Gasteiger partial charge in [-0.05, 0) is 37.3 Å². The summed E-state index contributed by atoms with van der Waals surface area (Å²) in [7, 11) is 0. The molecule has 1 heterocycles. The van der Waals surface area contributed by atoms with E-state index >= 15 is 0 Å². The number of hydrogen-bond acceptors (Lipinski definition) is 6. The van der Waals surface area contributed by atoms with Gasteiger partial charge in [-0.15, -0.1) is 0 Å². The number of amides is 1. The molecule has 0 saturated carbocycles. The van der Waals surface area contributed by atoms with Crippen LogP contribution in [-0.4, -0.2) is 28.6 Å². The van der Waals surface area contributed by atoms with E-state index in [0.29, 0.717) is 28.9 Å². The minimum Gasteiger partial charge on any atom is -0.505 e. The van der Waals surface area contributed by atoms with Crippen LogP contribution in [-0.2, 0) is 9.53 Å². The van der Waals surface area contributed by atoms with Crippen LogP contribution >= 0.6 is 0 Å². The second-order valence-electron chi connectivity index (χ2n) is 5.41. The Morgan fingerprint density at radius 3 is 2.37 bits per heavy atom. The van der Waals surface area contributed by atoms with Gasteiger partial charge in [0.15, 0.2) is 11.4 Å². The molecule has 7 heteroatoms. The van der Waals surface area contributed by atoms with E-state index in [1.807, 2.05) is 30.3 Å². The second-order valence-corrected chi connectivity index (χ2v) is 5.41. The number of pyridine rings is 1. The molecule has 0 aliphatic carbocycles. The molecule has 1 aromatic heterocycles. The minimum atomic E-state index is -0.765. The molecule has 0 atom stereocenters. The molecular weight excluding hydrogens is 348 g/mol. The third-order valence-corrected chi connectivity index (χ3v) is 3.40. The van der Waals surface area contributed by atoms with E-state index in [-0.39, 0.29) is 17.4 Å². The highest BCUT2D eigenvalue weighted by molar-refractivity contribution is 6.00. The van der Waals surface area contributed by atoms with Gasteiger partial charge in [-0.2, -0.15) is 0 Å². The highest BCUT2D eigenvalue weighted by Gasteiger charge is 2.13. The van der Waals surface area contributed by atoms with Crippen molar-refractivity contribution in [3.05, 3.63) is 60.4 Å². The lowest BCUT2D eigenvalue weighted by molar-refractivity contribution is -0.140. The molecule has 3 N–H and O–H groups in total. The molecule has 0 unspecified atom stereocenters. The number of rotatable bonds is 4. The Kier molecular flexibility index (Phi) is 6.71. The number of primary amides is 1. The van der Waals surface area contributed by atoms with Gasteiger partial charge in [-0.25, -0.2) is 4.98 Å². The number of aromatic hydroxyl groups is 1. The van der Waals surface area contributed by atoms with E-state index in [1.54, 1.807) is 25.1 Å². The van der Waals surface area contributed by atoms with E-state index in [2.05, 4.69) is 9.72 Å². The first-order valence-electron chi connectivity index (χ1n) is 8.20. The minimum absolute atomic E-state index is 0.140. The summed E-state index contributed by atoms with van der Waals surface area (Å²) in [5.41, 5.74) is 5.01. The zero-order chi connectivity index (χ0) is 19.8. The summed E-state index contributed by atoms with van der Waals surface area (Å²) in [6, 6.07) is 14.5. The van der Waals surface area contributed by atoms with Crippen LogP contribution in [0.25, 0.3) is 10.8 Å². The molecule has 0 fully saturated rings. The average molecular weight is 368 g/mol. The normalized spacial score (nSPS) is 9.85. The number of nitrogens with zero attached hydrogens (tertiary/aromatic N) is 1. The molecule has 140 valence electrons. The molecule has 7 nitrogen and oxygen atoms in total. The Morgan fingerprint density at radius 2 is 1.81 bits per heavy atom. The van der Waals surface area contributed by atoms with Gasteiger partial charge in [0.25, 0.3) is 5.91 Å². The number of fused-ring (bicyclic) bond motifs is 1. The van der Waals surface area contributed by atoms with Crippen molar-refractivity contribution in [2.24, 2.45) is 5.73 Å². The number of carbonyl (C=O) groups is 2. The largest absolute Gasteiger partial charge is 0.505 e. The van der Waals surface area contributed by atoms with Gasteiger partial charge >= 0.3 is 5.97 Å². The van der Waals surface area contributed by atoms with Gasteiger partial charge < -0.3 is 20.3 Å². The maximum absolute atomic E-state index is 11.1. The van der Waals surface area contributed by atoms with E-state index in [0.717, 1.165) is 0 Å². The van der Waals surface area contributed by atoms with Crippen LogP contribution in [0.3, 0.4) is 0 Å². The van der Waals surface area contributed by atoms with Crippen LogP contribution in [0.1, 0.15) is 24.3 Å². The Hall–Kier alpha value is -3.61. The lowest BCUT2D eigenvalue weighted by atomic mass is 10.1. The fourth-order valence-corrected chi connectivity index (χ4v) is 2.26. The Morgan fingerprint density at radius 1 is 1.11 bits per heavy atom. The lowest BCUT2D eigenvalue weighted by Crippen LogP contribution is -2.13. The quantitative estimate of drug-likeness (QED) is 0.683. The highest BCUT2D eigenvalue weighted by Crippen LogP contribution is 2.31. The van der Waals surface area contributed by atoms with Crippen molar-refractivity contribution in [1.82, 2.24) is 4.98 Å². The molecule has 3 aromatic rings. The van der Waals surface area contributed by atoms with Gasteiger partial charge in [0.2, 0.25) is 0 Å². The van der Waals surface area contributed by atoms with Crippen molar-refractivity contribution < 1.29 is 24.2 Å². The predicted octanol–water partition coefficient (Wildman–Crippen LogP) is 3.40. The first-order chi connectivity index (χ1) is 12.9. The fraction of sp³-hybridized carbons (Fsp3) is 0.150. The molecule has 0 bridgehead atoms. The Balaban J connectivity index is 0.000000380. The van der Waals surface area contributed by atoms with Crippen molar-refractivity contribution in [2.45, 2.75) is 13.8 Å². The van der Waals surface area contributed by atoms with Crippen LogP contribution in [0.2, 0.25) is 0 Å². The molecule has 0 aliphatic rings. The molecular formula is C20H20N2O5. The SMILES string of the molecule is CCOC(C)=O.NC(=O)c1ncc2cc(Oc3ccccc3)ccc2c1O. The molecule has 1 amide bonds. The van der Waals surface area contributed by atoms with Crippen LogP contribution in [0.5, 0.6) is 17.2 Å². The molecule has 0 saturated heterocycles. The van der Waals surface area contributed by atoms with Crippen molar-refractivity contribution >= 4 is 22.6 Å². The van der Waals surface area contributed by atoms with Crippen LogP contribution in [0.15, 0.2) is 54.7 Å². The van der Waals surface area contributed by atoms with Gasteiger partial charge in [0.05, 0.1) is 6.61 Å². The molecule has 0 aliphatic heterocycles. The number of aromatic nitrogens is 1. The standard InChI is InChI=1S/C16H12N2O3.C4H8O2/c17-16(20)14-15(19)13-7-6-12(8-10(13)9-18-14)21-11-4-2-1-3-5-11;1-3-6-4(2)5/h1-9,19H,(H2,17,20);3H2,1-2H3. The number of para-hydroxylation sites is 1. The summed E-state index contributed by atoms with van der Waals surface area (Å²) < 4.78 is 10.1. The van der Waals surface area contributed by atoms with Gasteiger partial charge in [-0.1, -0.05) is 18.2 Å². The first-order valence-corrected chi connectivity index (χ1v) is 8.20. The maximum Gasteiger partial charge on any atom is 0.302 e. The predicted molar refractivity (Wildman–Crippen MR) is 101 cm³/mol. The van der Waals surface area contributed by atoms with Crippen LogP contribution in [0, 0.1) is 0 Å². The van der Waals surface area contributed by atoms with Crippen molar-refractivity contribution in [3.63, 3.8) is 0 Å². The number of benzene rings is 2. The van der Waals surface area contributed by atoms with E-state index in [4.69, 9.17) is 10.5 Å². The van der Waals surface area contributed by atoms with Crippen molar-refractivity contribution in [3.8, 4) is 17.2 Å². The highest BCUT2D eigenvalue weighted by atomic mass is 16.5. The average Bonchev–Trinajstić information content (AvgIpc) is 2.63. The monoisotopic (exact) mass is 368 g/mol. The fourth-order valence-electron chi connectivity index (χ4n) is 2.26. The third kappa shape index (κ3) is 5.43. The van der Waals surface area contributed by atoms with Crippen LogP contribution in [0.4, 0.5) is 0 Å². The van der Waals surface area contributed by atoms with Gasteiger partial charge in [0, 0.05) is 23.9 Å². The molecule has 0 spiro atoms. The van der Waals surface area contributed by atoms with Crippen molar-refractivity contribution in [1.29, 1.82) is 0 Å². The number of nitrogens with two attached hydrogens (primary N) is 1. The zero-order valence-corrected chi connectivity index (χ0v) is 15.0. The Bertz CT molecular complexity index is 942. The zero-order valence-electron chi connectivity index (χ0n) is 15.0. The summed E-state index contributed by atoms with van der Waals surface area (Å²) >= 11 is 0. The summed E-state index contributed by atoms with van der Waals surface area (Å²) in [4.78, 5) is 24.8.